The molecule has 0 fully saturated rings. The van der Waals surface area contributed by atoms with Crippen LogP contribution in [0.4, 0.5) is 11.4 Å². The van der Waals surface area contributed by atoms with Crippen molar-refractivity contribution in [3.05, 3.63) is 60.7 Å². The van der Waals surface area contributed by atoms with Crippen LogP contribution in [0.1, 0.15) is 0 Å². The van der Waals surface area contributed by atoms with Crippen LogP contribution >= 0.6 is 0 Å². The summed E-state index contributed by atoms with van der Waals surface area (Å²) >= 11 is 0. The van der Waals surface area contributed by atoms with Crippen LogP contribution in [0.5, 0.6) is 0 Å². The van der Waals surface area contributed by atoms with Crippen LogP contribution in [0.25, 0.3) is 0 Å². The zero-order valence-electron chi connectivity index (χ0n) is 9.80. The van der Waals surface area contributed by atoms with Crippen molar-refractivity contribution in [2.75, 3.05) is 4.90 Å². The van der Waals surface area contributed by atoms with E-state index >= 15 is 0 Å². The number of hydrogen-bond donors (Lipinski definition) is 2. The zero-order chi connectivity index (χ0) is 11.4. The van der Waals surface area contributed by atoms with E-state index in [4.69, 9.17) is 11.1 Å². The van der Waals surface area contributed by atoms with E-state index in [1.54, 1.807) is 4.90 Å². The van der Waals surface area contributed by atoms with Crippen molar-refractivity contribution >= 4 is 17.3 Å². The van der Waals surface area contributed by atoms with Gasteiger partial charge in [-0.25, -0.2) is 0 Å². The molecule has 5 nitrogen and oxygen atoms in total. The molecule has 0 spiro atoms. The van der Waals surface area contributed by atoms with Crippen molar-refractivity contribution in [1.82, 2.24) is 0 Å². The van der Waals surface area contributed by atoms with Crippen molar-refractivity contribution in [2.45, 2.75) is 0 Å². The Balaban J connectivity index is 0.00000144. The Bertz CT molecular complexity index is 435. The molecule has 0 bridgehead atoms. The highest BCUT2D eigenvalue weighted by Crippen LogP contribution is 2.23. The lowest BCUT2D eigenvalue weighted by Gasteiger charge is -2.22. The summed E-state index contributed by atoms with van der Waals surface area (Å²) in [6, 6.07) is 19.3. The maximum Gasteiger partial charge on any atom is 0.197 e. The number of hydrogen-bond acceptors (Lipinski definition) is 1. The van der Waals surface area contributed by atoms with Crippen LogP contribution in [-0.4, -0.2) is 16.9 Å². The molecule has 0 unspecified atom stereocenters. The second kappa shape index (κ2) is 7.05. The minimum Gasteiger partial charge on any atom is -0.412 e. The molecule has 0 aliphatic carbocycles. The second-order valence-electron chi connectivity index (χ2n) is 3.39. The van der Waals surface area contributed by atoms with E-state index in [1.165, 1.54) is 0 Å². The van der Waals surface area contributed by atoms with Crippen molar-refractivity contribution in [3.8, 4) is 0 Å². The molecular formula is C13H17N3O2. The summed E-state index contributed by atoms with van der Waals surface area (Å²) in [6.45, 7) is 0. The summed E-state index contributed by atoms with van der Waals surface area (Å²) in [4.78, 5) is 1.69. The molecule has 2 aromatic rings. The molecule has 0 atom stereocenters. The van der Waals surface area contributed by atoms with Crippen molar-refractivity contribution < 1.29 is 11.0 Å². The van der Waals surface area contributed by atoms with Crippen LogP contribution in [0.3, 0.4) is 0 Å². The fraction of sp³-hybridized carbons (Fsp3) is 0. The number of nitrogens with two attached hydrogens (primary N) is 1. The van der Waals surface area contributed by atoms with E-state index in [0.717, 1.165) is 11.4 Å². The average Bonchev–Trinajstić information content (AvgIpc) is 2.31. The van der Waals surface area contributed by atoms with Gasteiger partial charge < -0.3 is 16.7 Å². The minimum atomic E-state index is 0. The number of benzene rings is 2. The standard InChI is InChI=1S/C13H13N3.2H2O/c14-13(15)16(11-7-3-1-4-8-11)12-9-5-2-6-10-12;;/h1-10H,(H3,14,15);2*1H2. The molecular weight excluding hydrogens is 230 g/mol. The molecule has 0 aliphatic heterocycles. The first-order chi connectivity index (χ1) is 7.79. The summed E-state index contributed by atoms with van der Waals surface area (Å²) < 4.78 is 0. The van der Waals surface area contributed by atoms with Crippen LogP contribution in [0.15, 0.2) is 60.7 Å². The number of nitrogens with one attached hydrogen (secondary N) is 1. The Morgan fingerprint density at radius 3 is 1.39 bits per heavy atom. The van der Waals surface area contributed by atoms with Gasteiger partial charge in [-0.1, -0.05) is 36.4 Å². The molecule has 5 heteroatoms. The summed E-state index contributed by atoms with van der Waals surface area (Å²) in [6.07, 6.45) is 0. The van der Waals surface area contributed by atoms with Crippen molar-refractivity contribution in [2.24, 2.45) is 5.73 Å². The molecule has 0 aromatic heterocycles. The Morgan fingerprint density at radius 2 is 1.11 bits per heavy atom. The summed E-state index contributed by atoms with van der Waals surface area (Å²) in [7, 11) is 0. The third-order valence-corrected chi connectivity index (χ3v) is 2.27. The lowest BCUT2D eigenvalue weighted by molar-refractivity contribution is 0.823. The highest BCUT2D eigenvalue weighted by atomic mass is 16.0. The molecule has 18 heavy (non-hydrogen) atoms. The van der Waals surface area contributed by atoms with Gasteiger partial charge in [0.2, 0.25) is 0 Å². The lowest BCUT2D eigenvalue weighted by atomic mass is 10.2. The maximum absolute atomic E-state index is 7.63. The first kappa shape index (κ1) is 15.6. The van der Waals surface area contributed by atoms with Gasteiger partial charge in [-0.3, -0.25) is 10.3 Å². The van der Waals surface area contributed by atoms with E-state index in [2.05, 4.69) is 0 Å². The smallest absolute Gasteiger partial charge is 0.197 e. The van der Waals surface area contributed by atoms with E-state index in [-0.39, 0.29) is 16.9 Å². The first-order valence-corrected chi connectivity index (χ1v) is 5.03. The Hall–Kier alpha value is -2.37. The van der Waals surface area contributed by atoms with E-state index in [0.29, 0.717) is 0 Å². The number of nitrogens with zero attached hydrogens (tertiary/aromatic N) is 1. The summed E-state index contributed by atoms with van der Waals surface area (Å²) in [5.74, 6) is 0.0115. The lowest BCUT2D eigenvalue weighted by Crippen LogP contribution is -2.32. The van der Waals surface area contributed by atoms with Gasteiger partial charge in [-0.05, 0) is 24.3 Å². The fourth-order valence-electron chi connectivity index (χ4n) is 1.58. The number of rotatable bonds is 2. The van der Waals surface area contributed by atoms with Gasteiger partial charge >= 0.3 is 0 Å². The predicted molar refractivity (Wildman–Crippen MR) is 74.2 cm³/mol. The van der Waals surface area contributed by atoms with Gasteiger partial charge in [-0.15, -0.1) is 0 Å². The van der Waals surface area contributed by atoms with Gasteiger partial charge in [0.25, 0.3) is 0 Å². The van der Waals surface area contributed by atoms with E-state index in [9.17, 15) is 0 Å². The first-order valence-electron chi connectivity index (χ1n) is 5.03. The average molecular weight is 247 g/mol. The quantitative estimate of drug-likeness (QED) is 0.610. The summed E-state index contributed by atoms with van der Waals surface area (Å²) in [5.41, 5.74) is 7.39. The normalized spacial score (nSPS) is 8.67. The largest absolute Gasteiger partial charge is 0.412 e. The monoisotopic (exact) mass is 247 g/mol. The van der Waals surface area contributed by atoms with E-state index in [1.807, 2.05) is 60.7 Å². The van der Waals surface area contributed by atoms with Crippen LogP contribution < -0.4 is 10.6 Å². The molecule has 2 rings (SSSR count). The summed E-state index contributed by atoms with van der Waals surface area (Å²) in [5, 5.41) is 7.63. The van der Waals surface area contributed by atoms with Gasteiger partial charge in [0.15, 0.2) is 5.96 Å². The molecule has 2 aromatic carbocycles. The van der Waals surface area contributed by atoms with Crippen LogP contribution in [-0.2, 0) is 0 Å². The molecule has 0 saturated heterocycles. The Morgan fingerprint density at radius 1 is 0.778 bits per heavy atom. The van der Waals surface area contributed by atoms with E-state index < -0.39 is 0 Å². The maximum atomic E-state index is 7.63. The molecule has 7 N–H and O–H groups in total. The van der Waals surface area contributed by atoms with Crippen molar-refractivity contribution in [3.63, 3.8) is 0 Å². The molecule has 0 radical (unpaired) electrons. The highest BCUT2D eigenvalue weighted by molar-refractivity contribution is 5.99. The minimum absolute atomic E-state index is 0. The van der Waals surface area contributed by atoms with Gasteiger partial charge in [0.1, 0.15) is 0 Å². The van der Waals surface area contributed by atoms with Crippen LogP contribution in [0, 0.1) is 5.41 Å². The third kappa shape index (κ3) is 3.31. The molecule has 0 heterocycles. The van der Waals surface area contributed by atoms with Crippen molar-refractivity contribution in [1.29, 1.82) is 5.41 Å². The highest BCUT2D eigenvalue weighted by Gasteiger charge is 2.10. The van der Waals surface area contributed by atoms with Crippen LogP contribution in [0.2, 0.25) is 0 Å². The molecule has 0 amide bonds. The molecule has 0 saturated carbocycles. The Labute approximate surface area is 106 Å². The van der Waals surface area contributed by atoms with Gasteiger partial charge in [0.05, 0.1) is 0 Å². The van der Waals surface area contributed by atoms with Gasteiger partial charge in [-0.2, -0.15) is 0 Å². The Kier molecular flexibility index (Phi) is 6.12. The predicted octanol–water partition coefficient (Wildman–Crippen LogP) is 1.07. The second-order valence-corrected chi connectivity index (χ2v) is 3.39. The number of guanidine groups is 1. The fourth-order valence-corrected chi connectivity index (χ4v) is 1.58. The number of anilines is 2. The molecule has 0 aliphatic rings. The SMILES string of the molecule is N=C(N)N(c1ccccc1)c1ccccc1.O.O. The number of para-hydroxylation sites is 2. The zero-order valence-corrected chi connectivity index (χ0v) is 9.80. The van der Waals surface area contributed by atoms with Gasteiger partial charge in [0, 0.05) is 11.4 Å². The third-order valence-electron chi connectivity index (χ3n) is 2.27. The topological polar surface area (TPSA) is 116 Å². The molecule has 96 valence electrons.